The van der Waals surface area contributed by atoms with E-state index >= 15 is 0 Å². The second-order valence-corrected chi connectivity index (χ2v) is 4.89. The molecule has 0 radical (unpaired) electrons. The summed E-state index contributed by atoms with van der Waals surface area (Å²) in [5.41, 5.74) is 6.26. The quantitative estimate of drug-likeness (QED) is 0.667. The molecule has 2 N–H and O–H groups in total. The maximum atomic E-state index is 12.0. The Morgan fingerprint density at radius 3 is 1.91 bits per heavy atom. The highest BCUT2D eigenvalue weighted by Gasteiger charge is 2.08. The van der Waals surface area contributed by atoms with Crippen molar-refractivity contribution in [3.8, 4) is 0 Å². The molecule has 0 aliphatic rings. The van der Waals surface area contributed by atoms with Gasteiger partial charge in [0.15, 0.2) is 0 Å². The molecule has 2 aromatic rings. The van der Waals surface area contributed by atoms with E-state index in [1.165, 1.54) is 13.3 Å². The van der Waals surface area contributed by atoms with Crippen LogP contribution < -0.4 is 10.9 Å². The van der Waals surface area contributed by atoms with Crippen LogP contribution in [-0.2, 0) is 4.84 Å². The zero-order valence-electron chi connectivity index (χ0n) is 12.2. The Labute approximate surface area is 138 Å². The van der Waals surface area contributed by atoms with Crippen molar-refractivity contribution >= 4 is 29.6 Å². The number of benzene rings is 2. The van der Waals surface area contributed by atoms with Gasteiger partial charge in [-0.25, -0.2) is 0 Å². The Balaban J connectivity index is 1.92. The molecule has 0 aliphatic carbocycles. The number of hydrogen-bond acceptors (Lipinski definition) is 4. The number of amides is 2. The zero-order valence-corrected chi connectivity index (χ0v) is 13.0. The minimum atomic E-state index is -0.432. The summed E-state index contributed by atoms with van der Waals surface area (Å²) in [4.78, 5) is 28.4. The SMILES string of the molecule is CO/N=C/c1ccc(C(=O)NNC(=O)c2ccc(Cl)cc2)cc1. The molecular formula is C16H14ClN3O3. The van der Waals surface area contributed by atoms with Gasteiger partial charge in [0, 0.05) is 16.1 Å². The summed E-state index contributed by atoms with van der Waals surface area (Å²) in [6, 6.07) is 13.0. The second kappa shape index (κ2) is 7.95. The Hall–Kier alpha value is -2.86. The molecule has 0 atom stereocenters. The molecule has 6 nitrogen and oxygen atoms in total. The third-order valence-electron chi connectivity index (χ3n) is 2.88. The van der Waals surface area contributed by atoms with E-state index in [0.29, 0.717) is 16.1 Å². The van der Waals surface area contributed by atoms with Crippen molar-refractivity contribution < 1.29 is 14.4 Å². The molecule has 0 fully saturated rings. The molecule has 0 spiro atoms. The summed E-state index contributed by atoms with van der Waals surface area (Å²) in [5, 5.41) is 4.15. The number of halogens is 1. The number of carbonyl (C=O) groups excluding carboxylic acids is 2. The lowest BCUT2D eigenvalue weighted by Crippen LogP contribution is -2.41. The number of hydrogen-bond donors (Lipinski definition) is 2. The molecule has 0 aromatic heterocycles. The minimum Gasteiger partial charge on any atom is -0.399 e. The molecule has 2 amide bonds. The third kappa shape index (κ3) is 4.82. The molecule has 23 heavy (non-hydrogen) atoms. The van der Waals surface area contributed by atoms with Gasteiger partial charge in [-0.1, -0.05) is 28.9 Å². The normalized spacial score (nSPS) is 10.3. The summed E-state index contributed by atoms with van der Waals surface area (Å²) in [6.07, 6.45) is 1.52. The van der Waals surface area contributed by atoms with Crippen LogP contribution in [-0.4, -0.2) is 25.1 Å². The summed E-state index contributed by atoms with van der Waals surface area (Å²) >= 11 is 5.75. The van der Waals surface area contributed by atoms with Crippen molar-refractivity contribution in [3.63, 3.8) is 0 Å². The lowest BCUT2D eigenvalue weighted by molar-refractivity contribution is 0.0846. The van der Waals surface area contributed by atoms with Crippen molar-refractivity contribution in [1.29, 1.82) is 0 Å². The highest BCUT2D eigenvalue weighted by atomic mass is 35.5. The highest BCUT2D eigenvalue weighted by molar-refractivity contribution is 6.30. The van der Waals surface area contributed by atoms with E-state index in [-0.39, 0.29) is 0 Å². The second-order valence-electron chi connectivity index (χ2n) is 4.45. The van der Waals surface area contributed by atoms with E-state index in [4.69, 9.17) is 11.6 Å². The fourth-order valence-electron chi connectivity index (χ4n) is 1.69. The first kappa shape index (κ1) is 16.5. The van der Waals surface area contributed by atoms with E-state index < -0.39 is 11.8 Å². The van der Waals surface area contributed by atoms with E-state index in [9.17, 15) is 9.59 Å². The zero-order chi connectivity index (χ0) is 16.7. The fourth-order valence-corrected chi connectivity index (χ4v) is 1.82. The number of hydrazine groups is 1. The van der Waals surface area contributed by atoms with Gasteiger partial charge in [-0.3, -0.25) is 20.4 Å². The van der Waals surface area contributed by atoms with Gasteiger partial charge in [0.1, 0.15) is 7.11 Å². The summed E-state index contributed by atoms with van der Waals surface area (Å²) in [6.45, 7) is 0. The van der Waals surface area contributed by atoms with Gasteiger partial charge >= 0.3 is 0 Å². The first-order chi connectivity index (χ1) is 11.1. The average Bonchev–Trinajstić information content (AvgIpc) is 2.58. The predicted octanol–water partition coefficient (Wildman–Crippen LogP) is 2.40. The van der Waals surface area contributed by atoms with Crippen LogP contribution in [0.2, 0.25) is 5.02 Å². The Morgan fingerprint density at radius 2 is 1.43 bits per heavy atom. The van der Waals surface area contributed by atoms with E-state index in [0.717, 1.165) is 5.56 Å². The Kier molecular flexibility index (Phi) is 5.71. The van der Waals surface area contributed by atoms with Gasteiger partial charge in [0.25, 0.3) is 11.8 Å². The van der Waals surface area contributed by atoms with Crippen LogP contribution in [0.5, 0.6) is 0 Å². The summed E-state index contributed by atoms with van der Waals surface area (Å²) in [5.74, 6) is -0.860. The molecule has 0 heterocycles. The first-order valence-corrected chi connectivity index (χ1v) is 7.01. The van der Waals surface area contributed by atoms with Gasteiger partial charge in [-0.2, -0.15) is 0 Å². The molecule has 7 heteroatoms. The molecule has 0 unspecified atom stereocenters. The molecule has 0 aliphatic heterocycles. The van der Waals surface area contributed by atoms with Crippen LogP contribution in [0.1, 0.15) is 26.3 Å². The van der Waals surface area contributed by atoms with Crippen molar-refractivity contribution in [1.82, 2.24) is 10.9 Å². The molecule has 0 bridgehead atoms. The Bertz CT molecular complexity index is 712. The molecule has 0 saturated carbocycles. The largest absolute Gasteiger partial charge is 0.399 e. The monoisotopic (exact) mass is 331 g/mol. The van der Waals surface area contributed by atoms with Crippen LogP contribution >= 0.6 is 11.6 Å². The van der Waals surface area contributed by atoms with Crippen LogP contribution in [0, 0.1) is 0 Å². The molecule has 118 valence electrons. The minimum absolute atomic E-state index is 0.390. The van der Waals surface area contributed by atoms with E-state index in [1.54, 1.807) is 48.5 Å². The summed E-state index contributed by atoms with van der Waals surface area (Å²) < 4.78 is 0. The number of carbonyl (C=O) groups is 2. The molecule has 2 aromatic carbocycles. The number of nitrogens with one attached hydrogen (secondary N) is 2. The van der Waals surface area contributed by atoms with Gasteiger partial charge in [0.2, 0.25) is 0 Å². The van der Waals surface area contributed by atoms with Crippen LogP contribution in [0.15, 0.2) is 53.7 Å². The standard InChI is InChI=1S/C16H14ClN3O3/c1-23-18-10-11-2-4-12(5-3-11)15(21)19-20-16(22)13-6-8-14(17)9-7-13/h2-10H,1H3,(H,19,21)(H,20,22)/b18-10+. The van der Waals surface area contributed by atoms with Crippen LogP contribution in [0.4, 0.5) is 0 Å². The van der Waals surface area contributed by atoms with Crippen molar-refractivity contribution in [2.24, 2.45) is 5.16 Å². The topological polar surface area (TPSA) is 79.8 Å². The molecule has 0 saturated heterocycles. The van der Waals surface area contributed by atoms with Gasteiger partial charge in [0.05, 0.1) is 6.21 Å². The maximum Gasteiger partial charge on any atom is 0.269 e. The lowest BCUT2D eigenvalue weighted by atomic mass is 10.1. The van der Waals surface area contributed by atoms with Gasteiger partial charge in [-0.05, 0) is 42.0 Å². The van der Waals surface area contributed by atoms with Crippen LogP contribution in [0.25, 0.3) is 0 Å². The van der Waals surface area contributed by atoms with Crippen molar-refractivity contribution in [2.75, 3.05) is 7.11 Å². The lowest BCUT2D eigenvalue weighted by Gasteiger charge is -2.07. The van der Waals surface area contributed by atoms with E-state index in [1.807, 2.05) is 0 Å². The highest BCUT2D eigenvalue weighted by Crippen LogP contribution is 2.09. The summed E-state index contributed by atoms with van der Waals surface area (Å²) in [7, 11) is 1.45. The fraction of sp³-hybridized carbons (Fsp3) is 0.0625. The number of rotatable bonds is 4. The first-order valence-electron chi connectivity index (χ1n) is 6.63. The number of oxime groups is 1. The van der Waals surface area contributed by atoms with Gasteiger partial charge < -0.3 is 4.84 Å². The molecule has 2 rings (SSSR count). The number of nitrogens with zero attached hydrogens (tertiary/aromatic N) is 1. The van der Waals surface area contributed by atoms with Crippen LogP contribution in [0.3, 0.4) is 0 Å². The predicted molar refractivity (Wildman–Crippen MR) is 87.4 cm³/mol. The molecular weight excluding hydrogens is 318 g/mol. The van der Waals surface area contributed by atoms with Crippen molar-refractivity contribution in [2.45, 2.75) is 0 Å². The van der Waals surface area contributed by atoms with Crippen molar-refractivity contribution in [3.05, 3.63) is 70.2 Å². The van der Waals surface area contributed by atoms with E-state index in [2.05, 4.69) is 20.8 Å². The Morgan fingerprint density at radius 1 is 0.957 bits per heavy atom. The van der Waals surface area contributed by atoms with Gasteiger partial charge in [-0.15, -0.1) is 0 Å². The maximum absolute atomic E-state index is 12.0. The smallest absolute Gasteiger partial charge is 0.269 e. The third-order valence-corrected chi connectivity index (χ3v) is 3.13. The average molecular weight is 332 g/mol.